The lowest BCUT2D eigenvalue weighted by Gasteiger charge is -2.20. The quantitative estimate of drug-likeness (QED) is 0.902. The highest BCUT2D eigenvalue weighted by Crippen LogP contribution is 2.36. The van der Waals surface area contributed by atoms with Gasteiger partial charge in [-0.3, -0.25) is 9.59 Å². The maximum atomic E-state index is 12.5. The molecule has 0 saturated heterocycles. The third-order valence-electron chi connectivity index (χ3n) is 3.97. The van der Waals surface area contributed by atoms with Crippen LogP contribution in [-0.4, -0.2) is 42.1 Å². The molecule has 21 heavy (non-hydrogen) atoms. The van der Waals surface area contributed by atoms with Gasteiger partial charge < -0.3 is 14.7 Å². The van der Waals surface area contributed by atoms with Gasteiger partial charge >= 0.3 is 5.97 Å². The smallest absolute Gasteiger partial charge is 0.303 e. The Morgan fingerprint density at radius 3 is 2.67 bits per heavy atom. The number of rotatable bonds is 5. The lowest BCUT2D eigenvalue weighted by molar-refractivity contribution is -0.138. The Morgan fingerprint density at radius 1 is 1.33 bits per heavy atom. The number of benzene rings is 1. The minimum atomic E-state index is -0.837. The number of carboxylic acid groups (broad SMARTS) is 1. The zero-order chi connectivity index (χ0) is 15.6. The monoisotopic (exact) mass is 291 g/mol. The fraction of sp³-hybridized carbons (Fsp3) is 0.500. The maximum Gasteiger partial charge on any atom is 0.303 e. The van der Waals surface area contributed by atoms with Crippen LogP contribution in [0.5, 0.6) is 5.75 Å². The van der Waals surface area contributed by atoms with Gasteiger partial charge in [-0.15, -0.1) is 0 Å². The maximum absolute atomic E-state index is 12.5. The van der Waals surface area contributed by atoms with Gasteiger partial charge in [0.15, 0.2) is 0 Å². The molecule has 0 saturated carbocycles. The number of carbonyl (C=O) groups is 2. The van der Waals surface area contributed by atoms with E-state index in [2.05, 4.69) is 0 Å². The molecule has 1 aromatic carbocycles. The minimum absolute atomic E-state index is 0.0117. The number of fused-ring (bicyclic) bond motifs is 1. The molecule has 0 aromatic heterocycles. The molecule has 1 N–H and O–H groups in total. The van der Waals surface area contributed by atoms with Crippen LogP contribution in [0.25, 0.3) is 0 Å². The normalized spacial score (nSPS) is 16.2. The van der Waals surface area contributed by atoms with Crippen LogP contribution in [-0.2, 0) is 9.59 Å². The number of hydrogen-bond donors (Lipinski definition) is 1. The van der Waals surface area contributed by atoms with Crippen LogP contribution < -0.4 is 4.74 Å². The number of ether oxygens (including phenoxy) is 1. The van der Waals surface area contributed by atoms with E-state index < -0.39 is 5.97 Å². The number of carboxylic acids is 1. The molecule has 2 rings (SSSR count). The van der Waals surface area contributed by atoms with Gasteiger partial charge in [0.1, 0.15) is 18.3 Å². The van der Waals surface area contributed by atoms with E-state index in [1.807, 2.05) is 26.0 Å². The van der Waals surface area contributed by atoms with E-state index in [4.69, 9.17) is 9.84 Å². The Labute approximate surface area is 124 Å². The van der Waals surface area contributed by atoms with Crippen LogP contribution in [0.2, 0.25) is 0 Å². The summed E-state index contributed by atoms with van der Waals surface area (Å²) in [6.45, 7) is 4.85. The van der Waals surface area contributed by atoms with Crippen LogP contribution in [0.15, 0.2) is 12.1 Å². The lowest BCUT2D eigenvalue weighted by atomic mass is 9.96. The van der Waals surface area contributed by atoms with Crippen LogP contribution in [0.1, 0.15) is 35.4 Å². The van der Waals surface area contributed by atoms with Gasteiger partial charge in [0.2, 0.25) is 5.91 Å². The first-order chi connectivity index (χ1) is 9.90. The van der Waals surface area contributed by atoms with Crippen molar-refractivity contribution in [1.82, 2.24) is 4.90 Å². The highest BCUT2D eigenvalue weighted by Gasteiger charge is 2.32. The first kappa shape index (κ1) is 15.4. The number of likely N-dealkylation sites (N-methyl/N-ethyl adjacent to an activating group) is 1. The van der Waals surface area contributed by atoms with Gasteiger partial charge in [0, 0.05) is 25.6 Å². The summed E-state index contributed by atoms with van der Waals surface area (Å²) in [5.41, 5.74) is 3.23. The van der Waals surface area contributed by atoms with Crippen LogP contribution >= 0.6 is 0 Å². The number of carbonyl (C=O) groups excluding carboxylic acids is 1. The molecule has 0 bridgehead atoms. The van der Waals surface area contributed by atoms with E-state index in [1.54, 1.807) is 11.9 Å². The second-order valence-electron chi connectivity index (χ2n) is 5.59. The molecule has 1 atom stereocenters. The molecule has 1 aromatic rings. The molecule has 0 radical (unpaired) electrons. The largest absolute Gasteiger partial charge is 0.492 e. The van der Waals surface area contributed by atoms with Gasteiger partial charge in [-0.05, 0) is 37.5 Å². The summed E-state index contributed by atoms with van der Waals surface area (Å²) in [4.78, 5) is 24.6. The molecule has 1 unspecified atom stereocenters. The Bertz CT molecular complexity index is 568. The van der Waals surface area contributed by atoms with Gasteiger partial charge in [-0.1, -0.05) is 6.07 Å². The van der Waals surface area contributed by atoms with Crippen molar-refractivity contribution in [3.63, 3.8) is 0 Å². The molecule has 114 valence electrons. The molecule has 5 heteroatoms. The molecule has 5 nitrogen and oxygen atoms in total. The van der Waals surface area contributed by atoms with Crippen molar-refractivity contribution in [3.05, 3.63) is 28.8 Å². The zero-order valence-corrected chi connectivity index (χ0v) is 12.7. The highest BCUT2D eigenvalue weighted by molar-refractivity contribution is 5.85. The average Bonchev–Trinajstić information content (AvgIpc) is 2.80. The second kappa shape index (κ2) is 6.16. The molecule has 0 fully saturated rings. The second-order valence-corrected chi connectivity index (χ2v) is 5.59. The van der Waals surface area contributed by atoms with Crippen molar-refractivity contribution < 1.29 is 19.4 Å². The Morgan fingerprint density at radius 2 is 2.00 bits per heavy atom. The molecule has 0 spiro atoms. The summed E-state index contributed by atoms with van der Waals surface area (Å²) in [6, 6.07) is 3.99. The molecule has 1 aliphatic rings. The molecule has 1 heterocycles. The zero-order valence-electron chi connectivity index (χ0n) is 12.7. The molecular weight excluding hydrogens is 270 g/mol. The first-order valence-corrected chi connectivity index (χ1v) is 7.11. The summed E-state index contributed by atoms with van der Waals surface area (Å²) in [5.74, 6) is -0.344. The summed E-state index contributed by atoms with van der Waals surface area (Å²) in [7, 11) is 1.71. The first-order valence-electron chi connectivity index (χ1n) is 7.11. The third-order valence-corrected chi connectivity index (χ3v) is 3.97. The number of aliphatic carboxylic acids is 1. The number of nitrogens with zero attached hydrogens (tertiary/aromatic N) is 1. The number of aryl methyl sites for hydroxylation is 2. The fourth-order valence-corrected chi connectivity index (χ4v) is 2.52. The van der Waals surface area contributed by atoms with E-state index in [0.717, 1.165) is 22.4 Å². The van der Waals surface area contributed by atoms with E-state index in [-0.39, 0.29) is 18.2 Å². The van der Waals surface area contributed by atoms with Crippen LogP contribution in [0, 0.1) is 13.8 Å². The summed E-state index contributed by atoms with van der Waals surface area (Å²) < 4.78 is 5.62. The number of hydrogen-bond acceptors (Lipinski definition) is 3. The van der Waals surface area contributed by atoms with Gasteiger partial charge in [0.25, 0.3) is 0 Å². The SMILES string of the molecule is Cc1cc2c(cc1C)C(C(=O)N(C)CCCC(=O)O)CO2. The lowest BCUT2D eigenvalue weighted by Crippen LogP contribution is -2.33. The molecule has 0 aliphatic carbocycles. The van der Waals surface area contributed by atoms with Crippen molar-refractivity contribution >= 4 is 11.9 Å². The predicted molar refractivity (Wildman–Crippen MR) is 78.7 cm³/mol. The van der Waals surface area contributed by atoms with Crippen molar-refractivity contribution in [3.8, 4) is 5.75 Å². The molecule has 1 aliphatic heterocycles. The van der Waals surface area contributed by atoms with E-state index >= 15 is 0 Å². The molecular formula is C16H21NO4. The average molecular weight is 291 g/mol. The Kier molecular flexibility index (Phi) is 4.50. The van der Waals surface area contributed by atoms with E-state index in [9.17, 15) is 9.59 Å². The highest BCUT2D eigenvalue weighted by atomic mass is 16.5. The van der Waals surface area contributed by atoms with Gasteiger partial charge in [0.05, 0.1) is 0 Å². The van der Waals surface area contributed by atoms with Crippen molar-refractivity contribution in [1.29, 1.82) is 0 Å². The fourth-order valence-electron chi connectivity index (χ4n) is 2.52. The summed E-state index contributed by atoms with van der Waals surface area (Å²) >= 11 is 0. The van der Waals surface area contributed by atoms with Gasteiger partial charge in [-0.25, -0.2) is 0 Å². The van der Waals surface area contributed by atoms with Crippen molar-refractivity contribution in [2.75, 3.05) is 20.2 Å². The van der Waals surface area contributed by atoms with Crippen molar-refractivity contribution in [2.24, 2.45) is 0 Å². The van der Waals surface area contributed by atoms with Gasteiger partial charge in [-0.2, -0.15) is 0 Å². The number of amides is 1. The van der Waals surface area contributed by atoms with Crippen molar-refractivity contribution in [2.45, 2.75) is 32.6 Å². The standard InChI is InChI=1S/C16H21NO4/c1-10-7-12-13(9-21-14(12)8-11(10)2)16(20)17(3)6-4-5-15(18)19/h7-8,13H,4-6,9H2,1-3H3,(H,18,19). The topological polar surface area (TPSA) is 66.8 Å². The van der Waals surface area contributed by atoms with E-state index in [0.29, 0.717) is 19.6 Å². The third kappa shape index (κ3) is 3.35. The Hall–Kier alpha value is -2.04. The molecule has 1 amide bonds. The van der Waals surface area contributed by atoms with E-state index in [1.165, 1.54) is 0 Å². The predicted octanol–water partition coefficient (Wildman–Crippen LogP) is 2.10. The minimum Gasteiger partial charge on any atom is -0.492 e. The van der Waals surface area contributed by atoms with Crippen LogP contribution in [0.4, 0.5) is 0 Å². The summed E-state index contributed by atoms with van der Waals surface area (Å²) in [5, 5.41) is 8.64. The Balaban J connectivity index is 2.05. The summed E-state index contributed by atoms with van der Waals surface area (Å²) in [6.07, 6.45) is 0.540. The van der Waals surface area contributed by atoms with Crippen LogP contribution in [0.3, 0.4) is 0 Å².